The number of hydrogen-bond acceptors (Lipinski definition) is 5. The van der Waals surface area contributed by atoms with E-state index in [-0.39, 0.29) is 10.8 Å². The van der Waals surface area contributed by atoms with Gasteiger partial charge in [-0.25, -0.2) is 8.42 Å². The van der Waals surface area contributed by atoms with Crippen molar-refractivity contribution in [1.29, 1.82) is 0 Å². The second-order valence-electron chi connectivity index (χ2n) is 7.12. The molecule has 0 aromatic heterocycles. The monoisotopic (exact) mass is 396 g/mol. The first-order valence-corrected chi connectivity index (χ1v) is 11.7. The Labute approximate surface area is 163 Å². The molecule has 1 saturated heterocycles. The third-order valence-electron chi connectivity index (χ3n) is 4.84. The molecule has 0 bridgehead atoms. The van der Waals surface area contributed by atoms with E-state index in [1.54, 1.807) is 24.3 Å². The molecule has 1 amide bonds. The van der Waals surface area contributed by atoms with Crippen molar-refractivity contribution in [3.05, 3.63) is 24.3 Å². The zero-order chi connectivity index (χ0) is 19.7. The van der Waals surface area contributed by atoms with E-state index in [1.807, 2.05) is 0 Å². The van der Waals surface area contributed by atoms with Gasteiger partial charge in [0.15, 0.2) is 9.84 Å². The molecule has 6 nitrogen and oxygen atoms in total. The normalized spacial score (nSPS) is 15.5. The van der Waals surface area contributed by atoms with Crippen LogP contribution >= 0.6 is 0 Å². The number of benzene rings is 1. The lowest BCUT2D eigenvalue weighted by molar-refractivity contribution is -0.134. The molecule has 1 aliphatic heterocycles. The van der Waals surface area contributed by atoms with E-state index in [0.29, 0.717) is 24.8 Å². The van der Waals surface area contributed by atoms with Crippen LogP contribution in [0.4, 0.5) is 0 Å². The van der Waals surface area contributed by atoms with Crippen LogP contribution in [0.3, 0.4) is 0 Å². The average Bonchev–Trinajstić information content (AvgIpc) is 2.66. The number of carbonyl (C=O) groups is 1. The molecule has 0 saturated carbocycles. The first-order chi connectivity index (χ1) is 12.9. The van der Waals surface area contributed by atoms with Crippen molar-refractivity contribution in [2.24, 2.45) is 0 Å². The summed E-state index contributed by atoms with van der Waals surface area (Å²) in [5.41, 5.74) is 0. The van der Waals surface area contributed by atoms with Crippen molar-refractivity contribution in [1.82, 2.24) is 10.2 Å². The predicted octanol–water partition coefficient (Wildman–Crippen LogP) is 2.63. The predicted molar refractivity (Wildman–Crippen MR) is 107 cm³/mol. The second kappa shape index (κ2) is 10.7. The number of nitrogens with zero attached hydrogens (tertiary/aromatic N) is 1. The number of rotatable bonds is 10. The number of nitrogens with one attached hydrogen (secondary N) is 1. The molecule has 1 N–H and O–H groups in total. The molecule has 1 aromatic rings. The van der Waals surface area contributed by atoms with Crippen molar-refractivity contribution in [3.8, 4) is 5.75 Å². The highest BCUT2D eigenvalue weighted by Crippen LogP contribution is 2.17. The van der Waals surface area contributed by atoms with Gasteiger partial charge >= 0.3 is 0 Å². The van der Waals surface area contributed by atoms with Gasteiger partial charge < -0.3 is 15.0 Å². The van der Waals surface area contributed by atoms with E-state index in [1.165, 1.54) is 6.26 Å². The van der Waals surface area contributed by atoms with Crippen LogP contribution in [0.5, 0.6) is 5.75 Å². The third kappa shape index (κ3) is 7.14. The van der Waals surface area contributed by atoms with Gasteiger partial charge in [-0.05, 0) is 69.5 Å². The van der Waals surface area contributed by atoms with Crippen LogP contribution in [-0.2, 0) is 14.6 Å². The number of carbonyl (C=O) groups excluding carboxylic acids is 1. The Balaban J connectivity index is 1.71. The van der Waals surface area contributed by atoms with Crippen LogP contribution in [0.1, 0.15) is 45.4 Å². The Morgan fingerprint density at radius 1 is 1.19 bits per heavy atom. The summed E-state index contributed by atoms with van der Waals surface area (Å²) in [5, 5.41) is 3.35. The number of sulfone groups is 1. The SMILES string of the molecule is CCCN(C(=O)CCCCOc1ccc(S(C)(=O)=O)cc1)C1CCNCC1. The Bertz CT molecular complexity index is 682. The number of hydrogen-bond donors (Lipinski definition) is 1. The minimum atomic E-state index is -3.18. The highest BCUT2D eigenvalue weighted by molar-refractivity contribution is 7.90. The molecule has 1 fully saturated rings. The lowest BCUT2D eigenvalue weighted by Gasteiger charge is -2.34. The van der Waals surface area contributed by atoms with Gasteiger partial charge in [-0.2, -0.15) is 0 Å². The van der Waals surface area contributed by atoms with Crippen molar-refractivity contribution >= 4 is 15.7 Å². The molecular weight excluding hydrogens is 364 g/mol. The topological polar surface area (TPSA) is 75.7 Å². The molecule has 1 aromatic carbocycles. The Hall–Kier alpha value is -1.60. The second-order valence-corrected chi connectivity index (χ2v) is 9.13. The molecule has 0 atom stereocenters. The van der Waals surface area contributed by atoms with Crippen LogP contribution in [0.2, 0.25) is 0 Å². The van der Waals surface area contributed by atoms with Gasteiger partial charge in [-0.3, -0.25) is 4.79 Å². The van der Waals surface area contributed by atoms with Crippen LogP contribution in [0.25, 0.3) is 0 Å². The number of piperidine rings is 1. The molecule has 27 heavy (non-hydrogen) atoms. The highest BCUT2D eigenvalue weighted by atomic mass is 32.2. The minimum absolute atomic E-state index is 0.251. The fourth-order valence-electron chi connectivity index (χ4n) is 3.37. The van der Waals surface area contributed by atoms with Gasteiger partial charge in [-0.15, -0.1) is 0 Å². The summed E-state index contributed by atoms with van der Waals surface area (Å²) in [6.07, 6.45) is 6.40. The van der Waals surface area contributed by atoms with E-state index in [2.05, 4.69) is 17.1 Å². The zero-order valence-electron chi connectivity index (χ0n) is 16.4. The van der Waals surface area contributed by atoms with E-state index >= 15 is 0 Å². The molecule has 7 heteroatoms. The summed E-state index contributed by atoms with van der Waals surface area (Å²) in [5.74, 6) is 0.900. The van der Waals surface area contributed by atoms with Crippen molar-refractivity contribution < 1.29 is 17.9 Å². The summed E-state index contributed by atoms with van der Waals surface area (Å²) in [4.78, 5) is 15.0. The van der Waals surface area contributed by atoms with Gasteiger partial charge in [0.2, 0.25) is 5.91 Å². The standard InChI is InChI=1S/C20H32N2O4S/c1-3-15-22(17-11-13-21-14-12-17)20(23)6-4-5-16-26-18-7-9-19(10-8-18)27(2,24)25/h7-10,17,21H,3-6,11-16H2,1-2H3. The molecule has 152 valence electrons. The molecule has 1 aliphatic rings. The van der Waals surface area contributed by atoms with E-state index in [9.17, 15) is 13.2 Å². The first kappa shape index (κ1) is 21.7. The van der Waals surface area contributed by atoms with E-state index in [4.69, 9.17) is 4.74 Å². The van der Waals surface area contributed by atoms with Gasteiger partial charge in [0.25, 0.3) is 0 Å². The van der Waals surface area contributed by atoms with E-state index in [0.717, 1.165) is 51.7 Å². The van der Waals surface area contributed by atoms with Crippen LogP contribution in [0.15, 0.2) is 29.2 Å². The maximum absolute atomic E-state index is 12.6. The quantitative estimate of drug-likeness (QED) is 0.615. The van der Waals surface area contributed by atoms with E-state index < -0.39 is 9.84 Å². The lowest BCUT2D eigenvalue weighted by atomic mass is 10.0. The fraction of sp³-hybridized carbons (Fsp3) is 0.650. The average molecular weight is 397 g/mol. The van der Waals surface area contributed by atoms with Gasteiger partial charge in [0, 0.05) is 25.3 Å². The lowest BCUT2D eigenvalue weighted by Crippen LogP contribution is -2.46. The van der Waals surface area contributed by atoms with Crippen LogP contribution < -0.4 is 10.1 Å². The summed E-state index contributed by atoms with van der Waals surface area (Å²) in [6, 6.07) is 6.82. The number of ether oxygens (including phenoxy) is 1. The fourth-order valence-corrected chi connectivity index (χ4v) is 4.00. The summed E-state index contributed by atoms with van der Waals surface area (Å²) in [6.45, 7) is 5.46. The third-order valence-corrected chi connectivity index (χ3v) is 5.97. The van der Waals surface area contributed by atoms with Gasteiger partial charge in [0.05, 0.1) is 11.5 Å². The van der Waals surface area contributed by atoms with Gasteiger partial charge in [-0.1, -0.05) is 6.92 Å². The first-order valence-electron chi connectivity index (χ1n) is 9.85. The molecule has 1 heterocycles. The largest absolute Gasteiger partial charge is 0.494 e. The summed E-state index contributed by atoms with van der Waals surface area (Å²) in [7, 11) is -3.18. The summed E-state index contributed by atoms with van der Waals surface area (Å²) >= 11 is 0. The van der Waals surface area contributed by atoms with Crippen LogP contribution in [0, 0.1) is 0 Å². The highest BCUT2D eigenvalue weighted by Gasteiger charge is 2.24. The Morgan fingerprint density at radius 3 is 2.44 bits per heavy atom. The summed E-state index contributed by atoms with van der Waals surface area (Å²) < 4.78 is 28.5. The molecule has 2 rings (SSSR count). The maximum Gasteiger partial charge on any atom is 0.222 e. The Kier molecular flexibility index (Phi) is 8.57. The Morgan fingerprint density at radius 2 is 1.85 bits per heavy atom. The molecule has 0 aliphatic carbocycles. The molecule has 0 radical (unpaired) electrons. The van der Waals surface area contributed by atoms with Crippen molar-refractivity contribution in [2.45, 2.75) is 56.4 Å². The van der Waals surface area contributed by atoms with Gasteiger partial charge in [0.1, 0.15) is 5.75 Å². The molecule has 0 unspecified atom stereocenters. The molecule has 0 spiro atoms. The number of amides is 1. The van der Waals surface area contributed by atoms with Crippen molar-refractivity contribution in [2.75, 3.05) is 32.5 Å². The van der Waals surface area contributed by atoms with Crippen molar-refractivity contribution in [3.63, 3.8) is 0 Å². The maximum atomic E-state index is 12.6. The number of unbranched alkanes of at least 4 members (excludes halogenated alkanes) is 1. The smallest absolute Gasteiger partial charge is 0.222 e. The minimum Gasteiger partial charge on any atom is -0.494 e. The zero-order valence-corrected chi connectivity index (χ0v) is 17.3. The van der Waals surface area contributed by atoms with Crippen LogP contribution in [-0.4, -0.2) is 57.8 Å². The molecular formula is C20H32N2O4S.